The van der Waals surface area contributed by atoms with Crippen LogP contribution in [0.3, 0.4) is 0 Å². The van der Waals surface area contributed by atoms with Gasteiger partial charge in [-0.1, -0.05) is 145 Å². The van der Waals surface area contributed by atoms with Crippen LogP contribution in [0.4, 0.5) is 39.8 Å². The van der Waals surface area contributed by atoms with Crippen molar-refractivity contribution < 1.29 is 0 Å². The molecule has 0 radical (unpaired) electrons. The Bertz CT molecular complexity index is 2650. The minimum Gasteiger partial charge on any atom is -0.335 e. The van der Waals surface area contributed by atoms with Gasteiger partial charge in [0.25, 0.3) is 6.71 Å². The highest BCUT2D eigenvalue weighted by Crippen LogP contribution is 2.65. The lowest BCUT2D eigenvalue weighted by Crippen LogP contribution is -2.65. The number of hydrogen-bond donors (Lipinski definition) is 0. The van der Waals surface area contributed by atoms with Crippen LogP contribution in [0.2, 0.25) is 19.6 Å². The van der Waals surface area contributed by atoms with Crippen LogP contribution in [0.5, 0.6) is 0 Å². The first-order valence-corrected chi connectivity index (χ1v) is 26.9. The molecule has 5 heteroatoms. The van der Waals surface area contributed by atoms with E-state index in [-0.39, 0.29) is 34.0 Å². The summed E-state index contributed by atoms with van der Waals surface area (Å²) in [5.41, 5.74) is 21.5. The number of hydrogen-bond acceptors (Lipinski definition) is 3. The number of anilines is 7. The fraction of sp³-hybridized carbons (Fsp3) is 0.455. The van der Waals surface area contributed by atoms with Crippen LogP contribution in [-0.4, -0.2) is 25.9 Å². The van der Waals surface area contributed by atoms with Gasteiger partial charge in [-0.15, -0.1) is 0 Å². The van der Waals surface area contributed by atoms with E-state index in [1.165, 1.54) is 119 Å². The van der Waals surface area contributed by atoms with Crippen molar-refractivity contribution >= 4 is 76.2 Å². The Balaban J connectivity index is 1.27. The molecule has 0 bridgehead atoms. The highest BCUT2D eigenvalue weighted by molar-refractivity contribution is 7.01. The molecule has 5 aromatic carbocycles. The minimum atomic E-state index is -1.68. The second kappa shape index (κ2) is 12.2. The second-order valence-corrected chi connectivity index (χ2v) is 28.1. The molecule has 2 saturated carbocycles. The third kappa shape index (κ3) is 4.85. The summed E-state index contributed by atoms with van der Waals surface area (Å²) in [5.74, 6) is 0. The summed E-state index contributed by atoms with van der Waals surface area (Å²) in [7, 11) is -1.68. The molecule has 4 heterocycles. The van der Waals surface area contributed by atoms with Crippen molar-refractivity contribution in [3.05, 3.63) is 113 Å². The zero-order valence-electron chi connectivity index (χ0n) is 38.7. The first-order valence-electron chi connectivity index (χ1n) is 23.4. The zero-order valence-corrected chi connectivity index (χ0v) is 39.7. The Hall–Kier alpha value is -4.22. The lowest BCUT2D eigenvalue weighted by molar-refractivity contribution is 0.194. The van der Waals surface area contributed by atoms with E-state index in [0.29, 0.717) is 0 Å². The van der Waals surface area contributed by atoms with E-state index < -0.39 is 8.07 Å². The van der Waals surface area contributed by atoms with Crippen molar-refractivity contribution in [2.75, 3.05) is 14.7 Å². The zero-order chi connectivity index (χ0) is 42.1. The molecule has 0 aromatic heterocycles. The van der Waals surface area contributed by atoms with Crippen LogP contribution in [0, 0.1) is 13.8 Å². The number of aryl methyl sites for hydroxylation is 2. The van der Waals surface area contributed by atoms with Gasteiger partial charge in [-0.2, -0.15) is 0 Å². The van der Waals surface area contributed by atoms with Crippen LogP contribution in [-0.2, 0) is 16.2 Å². The van der Waals surface area contributed by atoms with Crippen molar-refractivity contribution in [3.8, 4) is 0 Å². The lowest BCUT2D eigenvalue weighted by atomic mass is 9.33. The summed E-state index contributed by atoms with van der Waals surface area (Å²) >= 11 is 0. The van der Waals surface area contributed by atoms with Crippen LogP contribution >= 0.6 is 0 Å². The smallest absolute Gasteiger partial charge is 0.252 e. The predicted octanol–water partition coefficient (Wildman–Crippen LogP) is 12.2. The van der Waals surface area contributed by atoms with Gasteiger partial charge in [-0.05, 0) is 128 Å². The van der Waals surface area contributed by atoms with Gasteiger partial charge in [0.2, 0.25) is 0 Å². The summed E-state index contributed by atoms with van der Waals surface area (Å²) in [6.07, 6.45) is 10.00. The second-order valence-electron chi connectivity index (χ2n) is 23.1. The molecule has 4 atom stereocenters. The number of fused-ring (bicyclic) bond motifs is 10. The third-order valence-electron chi connectivity index (χ3n) is 17.6. The molecule has 2 fully saturated rings. The quantitative estimate of drug-likeness (QED) is 0.165. The van der Waals surface area contributed by atoms with Gasteiger partial charge in [0.05, 0.1) is 19.2 Å². The van der Waals surface area contributed by atoms with E-state index >= 15 is 0 Å². The Morgan fingerprint density at radius 3 is 1.82 bits per heavy atom. The minimum absolute atomic E-state index is 0.0346. The molecule has 3 nitrogen and oxygen atoms in total. The molecule has 0 N–H and O–H groups in total. The number of benzene rings is 5. The monoisotopic (exact) mass is 808 g/mol. The van der Waals surface area contributed by atoms with Crippen LogP contribution in [0.1, 0.15) is 128 Å². The Kier molecular flexibility index (Phi) is 7.89. The van der Waals surface area contributed by atoms with E-state index in [0.717, 1.165) is 0 Å². The average molecular weight is 808 g/mol. The standard InChI is InChI=1S/C55H66BN3Si/c1-35-17-21-38(22-18-35)57-46-23-19-36(2)29-43(46)56-44-34-40(60(10,11)12)33-42-50(44)59(55(9)28-16-14-26-53(42,55)7)48-32-39(31-47(57)49(48)56)58-45-24-20-37(51(3,4)5)30-41(45)52(6)25-13-15-27-54(52,58)8/h17-24,29-34H,13-16,25-28H2,1-12H3. The molecule has 0 amide bonds. The van der Waals surface area contributed by atoms with E-state index in [1.807, 2.05) is 0 Å². The van der Waals surface area contributed by atoms with Gasteiger partial charge >= 0.3 is 0 Å². The normalized spacial score (nSPS) is 27.3. The maximum Gasteiger partial charge on any atom is 0.252 e. The van der Waals surface area contributed by atoms with Gasteiger partial charge in [-0.25, -0.2) is 0 Å². The van der Waals surface area contributed by atoms with E-state index in [4.69, 9.17) is 0 Å². The molecule has 11 rings (SSSR count). The van der Waals surface area contributed by atoms with E-state index in [2.05, 4.69) is 182 Å². The summed E-state index contributed by atoms with van der Waals surface area (Å²) in [4.78, 5) is 8.47. The Labute approximate surface area is 362 Å². The van der Waals surface area contributed by atoms with Gasteiger partial charge < -0.3 is 14.7 Å². The number of rotatable bonds is 3. The predicted molar refractivity (Wildman–Crippen MR) is 263 cm³/mol. The molecule has 0 spiro atoms. The molecule has 308 valence electrons. The molecule has 0 saturated heterocycles. The summed E-state index contributed by atoms with van der Waals surface area (Å²) in [6, 6.07) is 35.0. The molecular formula is C55H66BN3Si. The fourth-order valence-corrected chi connectivity index (χ4v) is 14.8. The molecular weight excluding hydrogens is 742 g/mol. The Morgan fingerprint density at radius 1 is 0.550 bits per heavy atom. The average Bonchev–Trinajstić information content (AvgIpc) is 3.54. The third-order valence-corrected chi connectivity index (χ3v) is 19.6. The fourth-order valence-electron chi connectivity index (χ4n) is 13.6. The van der Waals surface area contributed by atoms with Gasteiger partial charge in [0.15, 0.2) is 0 Å². The first-order chi connectivity index (χ1) is 28.3. The first kappa shape index (κ1) is 38.7. The van der Waals surface area contributed by atoms with Gasteiger partial charge in [0, 0.05) is 50.6 Å². The highest BCUT2D eigenvalue weighted by atomic mass is 28.3. The lowest BCUT2D eigenvalue weighted by Gasteiger charge is -2.53. The van der Waals surface area contributed by atoms with Crippen molar-refractivity contribution in [3.63, 3.8) is 0 Å². The van der Waals surface area contributed by atoms with E-state index in [1.54, 1.807) is 21.8 Å². The van der Waals surface area contributed by atoms with Crippen LogP contribution in [0.25, 0.3) is 0 Å². The van der Waals surface area contributed by atoms with Crippen molar-refractivity contribution in [1.82, 2.24) is 0 Å². The Morgan fingerprint density at radius 2 is 1.15 bits per heavy atom. The number of nitrogens with zero attached hydrogens (tertiary/aromatic N) is 3. The van der Waals surface area contributed by atoms with Crippen LogP contribution in [0.15, 0.2) is 84.9 Å². The molecule has 4 unspecified atom stereocenters. The molecule has 60 heavy (non-hydrogen) atoms. The molecule has 4 aliphatic heterocycles. The van der Waals surface area contributed by atoms with Gasteiger partial charge in [-0.3, -0.25) is 0 Å². The largest absolute Gasteiger partial charge is 0.335 e. The van der Waals surface area contributed by atoms with Crippen LogP contribution < -0.4 is 36.3 Å². The maximum atomic E-state index is 2.96. The van der Waals surface area contributed by atoms with Crippen molar-refractivity contribution in [2.45, 2.75) is 161 Å². The highest BCUT2D eigenvalue weighted by Gasteiger charge is 2.63. The SMILES string of the molecule is Cc1ccc(N2c3ccc(C)cc3B3c4cc([Si](C)(C)C)cc5c4N(c4cc(N6c7ccc(C(C)(C)C)cc7C7(C)CCCCC67C)cc2c43)C2(C)CCCCC52C)cc1. The van der Waals surface area contributed by atoms with Crippen molar-refractivity contribution in [1.29, 1.82) is 0 Å². The van der Waals surface area contributed by atoms with E-state index in [9.17, 15) is 0 Å². The molecule has 5 aromatic rings. The van der Waals surface area contributed by atoms with Crippen molar-refractivity contribution in [2.24, 2.45) is 0 Å². The summed E-state index contributed by atoms with van der Waals surface area (Å²) in [6.45, 7) is 30.0. The van der Waals surface area contributed by atoms with Gasteiger partial charge in [0.1, 0.15) is 0 Å². The topological polar surface area (TPSA) is 9.72 Å². The molecule has 6 aliphatic rings. The summed E-state index contributed by atoms with van der Waals surface area (Å²) in [5, 5.41) is 1.61. The molecule has 2 aliphatic carbocycles. The maximum absolute atomic E-state index is 2.96. The summed E-state index contributed by atoms with van der Waals surface area (Å²) < 4.78 is 0.